The van der Waals surface area contributed by atoms with Crippen molar-refractivity contribution in [1.82, 2.24) is 5.32 Å². The number of amides is 2. The Morgan fingerprint density at radius 3 is 2.67 bits per heavy atom. The van der Waals surface area contributed by atoms with Crippen LogP contribution in [0.5, 0.6) is 0 Å². The molecular formula is C21H28N3O2S+. The van der Waals surface area contributed by atoms with Gasteiger partial charge in [-0.3, -0.25) is 9.59 Å². The first-order valence-corrected chi connectivity index (χ1v) is 10.6. The van der Waals surface area contributed by atoms with E-state index in [-0.39, 0.29) is 11.8 Å². The molecule has 1 fully saturated rings. The Labute approximate surface area is 164 Å². The van der Waals surface area contributed by atoms with Crippen molar-refractivity contribution < 1.29 is 14.5 Å². The third kappa shape index (κ3) is 5.65. The Bertz CT molecular complexity index is 743. The van der Waals surface area contributed by atoms with Crippen LogP contribution in [-0.2, 0) is 0 Å². The van der Waals surface area contributed by atoms with Crippen LogP contribution in [0.15, 0.2) is 41.8 Å². The van der Waals surface area contributed by atoms with Gasteiger partial charge in [-0.2, -0.15) is 0 Å². The number of benzene rings is 1. The van der Waals surface area contributed by atoms with Crippen LogP contribution < -0.4 is 15.5 Å². The highest BCUT2D eigenvalue weighted by molar-refractivity contribution is 7.12. The van der Waals surface area contributed by atoms with E-state index in [1.54, 1.807) is 35.2 Å². The molecule has 1 unspecified atom stereocenters. The van der Waals surface area contributed by atoms with Crippen LogP contribution >= 0.6 is 11.3 Å². The summed E-state index contributed by atoms with van der Waals surface area (Å²) in [5.41, 5.74) is 1.30. The fraction of sp³-hybridized carbons (Fsp3) is 0.429. The Balaban J connectivity index is 1.41. The van der Waals surface area contributed by atoms with Crippen LogP contribution in [0, 0.1) is 0 Å². The van der Waals surface area contributed by atoms with E-state index in [0.29, 0.717) is 22.7 Å². The third-order valence-corrected chi connectivity index (χ3v) is 6.06. The van der Waals surface area contributed by atoms with Crippen molar-refractivity contribution in [1.29, 1.82) is 0 Å². The van der Waals surface area contributed by atoms with Gasteiger partial charge in [0.15, 0.2) is 0 Å². The van der Waals surface area contributed by atoms with Gasteiger partial charge in [0.05, 0.1) is 24.0 Å². The Morgan fingerprint density at radius 2 is 1.96 bits per heavy atom. The molecule has 3 N–H and O–H groups in total. The first-order chi connectivity index (χ1) is 13.1. The number of nitrogens with one attached hydrogen (secondary N) is 3. The molecule has 0 bridgehead atoms. The van der Waals surface area contributed by atoms with Crippen molar-refractivity contribution in [3.8, 4) is 0 Å². The summed E-state index contributed by atoms with van der Waals surface area (Å²) in [5, 5.41) is 7.71. The maximum Gasteiger partial charge on any atom is 0.265 e. The van der Waals surface area contributed by atoms with Crippen molar-refractivity contribution >= 4 is 28.8 Å². The summed E-state index contributed by atoms with van der Waals surface area (Å²) in [5.74, 6) is -0.190. The number of hydrogen-bond acceptors (Lipinski definition) is 3. The average Bonchev–Trinajstić information content (AvgIpc) is 3.22. The second-order valence-electron chi connectivity index (χ2n) is 7.17. The number of likely N-dealkylation sites (tertiary alicyclic amines) is 1. The molecule has 2 atom stereocenters. The van der Waals surface area contributed by atoms with Gasteiger partial charge < -0.3 is 15.5 Å². The van der Waals surface area contributed by atoms with Crippen LogP contribution in [0.4, 0.5) is 5.69 Å². The van der Waals surface area contributed by atoms with Crippen molar-refractivity contribution in [2.45, 2.75) is 38.6 Å². The quantitative estimate of drug-likeness (QED) is 0.641. The van der Waals surface area contributed by atoms with Crippen LogP contribution in [0.1, 0.15) is 52.6 Å². The number of rotatable bonds is 7. The molecule has 0 spiro atoms. The lowest BCUT2D eigenvalue weighted by atomic mass is 10.0. The second kappa shape index (κ2) is 9.67. The number of carbonyl (C=O) groups is 2. The molecule has 2 heterocycles. The molecule has 6 heteroatoms. The molecule has 144 valence electrons. The fourth-order valence-corrected chi connectivity index (χ4v) is 4.17. The summed E-state index contributed by atoms with van der Waals surface area (Å²) in [6, 6.07) is 11.4. The predicted octanol–water partition coefficient (Wildman–Crippen LogP) is 2.58. The second-order valence-corrected chi connectivity index (χ2v) is 8.12. The minimum absolute atomic E-state index is 0.0622. The van der Waals surface area contributed by atoms with Gasteiger partial charge in [0.1, 0.15) is 0 Å². The molecule has 0 saturated carbocycles. The standard InChI is InChI=1S/C21H27N3O2S/c1-16-6-2-3-13-24(16)14-5-12-22-20(25)17-8-10-18(11-9-17)23-21(26)19-7-4-15-27-19/h4,7-11,15-16H,2-3,5-6,12-14H2,1H3,(H,22,25)(H,23,26)/p+1/t16-/m1/s1. The first-order valence-electron chi connectivity index (χ1n) is 9.71. The Morgan fingerprint density at radius 1 is 1.15 bits per heavy atom. The molecule has 1 saturated heterocycles. The lowest BCUT2D eigenvalue weighted by Gasteiger charge is -2.30. The number of hydrogen-bond donors (Lipinski definition) is 3. The number of anilines is 1. The van der Waals surface area contributed by atoms with E-state index in [1.807, 2.05) is 11.4 Å². The predicted molar refractivity (Wildman–Crippen MR) is 110 cm³/mol. The SMILES string of the molecule is C[C@@H]1CCCC[NH+]1CCCNC(=O)c1ccc(NC(=O)c2cccs2)cc1. The molecule has 5 nitrogen and oxygen atoms in total. The van der Waals surface area contributed by atoms with Gasteiger partial charge in [-0.15, -0.1) is 11.3 Å². The van der Waals surface area contributed by atoms with Gasteiger partial charge >= 0.3 is 0 Å². The van der Waals surface area contributed by atoms with Gasteiger partial charge in [-0.05, 0) is 61.9 Å². The number of piperidine rings is 1. The van der Waals surface area contributed by atoms with Crippen LogP contribution in [0.25, 0.3) is 0 Å². The summed E-state index contributed by atoms with van der Waals surface area (Å²) in [4.78, 5) is 26.7. The smallest absolute Gasteiger partial charge is 0.265 e. The van der Waals surface area contributed by atoms with Crippen LogP contribution in [0.2, 0.25) is 0 Å². The van der Waals surface area contributed by atoms with Gasteiger partial charge in [-0.1, -0.05) is 6.07 Å². The normalized spacial score (nSPS) is 19.4. The molecular weight excluding hydrogens is 358 g/mol. The Hall–Kier alpha value is -2.18. The molecule has 1 aromatic heterocycles. The average molecular weight is 387 g/mol. The summed E-state index contributed by atoms with van der Waals surface area (Å²) in [7, 11) is 0. The molecule has 0 radical (unpaired) electrons. The van der Waals surface area contributed by atoms with Gasteiger partial charge in [0.25, 0.3) is 11.8 Å². The summed E-state index contributed by atoms with van der Waals surface area (Å²) in [6.45, 7) is 5.40. The molecule has 1 aromatic carbocycles. The zero-order valence-electron chi connectivity index (χ0n) is 15.8. The van der Waals surface area contributed by atoms with Crippen LogP contribution in [0.3, 0.4) is 0 Å². The molecule has 2 amide bonds. The van der Waals surface area contributed by atoms with E-state index in [1.165, 1.54) is 37.1 Å². The lowest BCUT2D eigenvalue weighted by molar-refractivity contribution is -0.928. The minimum atomic E-state index is -0.128. The van der Waals surface area contributed by atoms with Crippen LogP contribution in [-0.4, -0.2) is 37.5 Å². The Kier molecular flexibility index (Phi) is 7.01. The lowest BCUT2D eigenvalue weighted by Crippen LogP contribution is -3.16. The largest absolute Gasteiger partial charge is 0.352 e. The van der Waals surface area contributed by atoms with Crippen molar-refractivity contribution in [2.24, 2.45) is 0 Å². The zero-order valence-corrected chi connectivity index (χ0v) is 16.6. The summed E-state index contributed by atoms with van der Waals surface area (Å²) < 4.78 is 0. The third-order valence-electron chi connectivity index (χ3n) is 5.19. The highest BCUT2D eigenvalue weighted by atomic mass is 32.1. The number of carbonyl (C=O) groups excluding carboxylic acids is 2. The highest BCUT2D eigenvalue weighted by Gasteiger charge is 2.20. The van der Waals surface area contributed by atoms with E-state index in [4.69, 9.17) is 0 Å². The van der Waals surface area contributed by atoms with Crippen molar-refractivity contribution in [3.63, 3.8) is 0 Å². The molecule has 1 aliphatic rings. The molecule has 2 aromatic rings. The number of quaternary nitrogens is 1. The fourth-order valence-electron chi connectivity index (χ4n) is 3.55. The highest BCUT2D eigenvalue weighted by Crippen LogP contribution is 2.14. The summed E-state index contributed by atoms with van der Waals surface area (Å²) >= 11 is 1.40. The van der Waals surface area contributed by atoms with E-state index in [0.717, 1.165) is 19.0 Å². The molecule has 1 aliphatic heterocycles. The first kappa shape index (κ1) is 19.6. The van der Waals surface area contributed by atoms with E-state index in [9.17, 15) is 9.59 Å². The van der Waals surface area contributed by atoms with Crippen molar-refractivity contribution in [2.75, 3.05) is 25.0 Å². The van der Waals surface area contributed by atoms with Gasteiger partial charge in [0.2, 0.25) is 0 Å². The summed E-state index contributed by atoms with van der Waals surface area (Å²) in [6.07, 6.45) is 4.99. The molecule has 0 aliphatic carbocycles. The van der Waals surface area contributed by atoms with Crippen molar-refractivity contribution in [3.05, 3.63) is 52.2 Å². The van der Waals surface area contributed by atoms with E-state index < -0.39 is 0 Å². The van der Waals surface area contributed by atoms with Gasteiger partial charge in [0, 0.05) is 24.2 Å². The maximum absolute atomic E-state index is 12.3. The van der Waals surface area contributed by atoms with E-state index in [2.05, 4.69) is 17.6 Å². The zero-order chi connectivity index (χ0) is 19.1. The topological polar surface area (TPSA) is 62.6 Å². The molecule has 27 heavy (non-hydrogen) atoms. The monoisotopic (exact) mass is 386 g/mol. The molecule has 3 rings (SSSR count). The minimum Gasteiger partial charge on any atom is -0.352 e. The van der Waals surface area contributed by atoms with Gasteiger partial charge in [-0.25, -0.2) is 0 Å². The number of thiophene rings is 1. The van der Waals surface area contributed by atoms with E-state index >= 15 is 0 Å². The maximum atomic E-state index is 12.3.